The van der Waals surface area contributed by atoms with Gasteiger partial charge in [0.05, 0.1) is 0 Å². The lowest BCUT2D eigenvalue weighted by Gasteiger charge is -2.43. The van der Waals surface area contributed by atoms with Crippen molar-refractivity contribution in [2.75, 3.05) is 0 Å². The third-order valence-electron chi connectivity index (χ3n) is 4.18. The molecule has 0 spiro atoms. The van der Waals surface area contributed by atoms with Crippen molar-refractivity contribution in [2.45, 2.75) is 26.2 Å². The highest BCUT2D eigenvalue weighted by Crippen LogP contribution is 2.50. The summed E-state index contributed by atoms with van der Waals surface area (Å²) in [5.41, 5.74) is 1.14. The van der Waals surface area contributed by atoms with Gasteiger partial charge in [-0.25, -0.2) is 0 Å². The van der Waals surface area contributed by atoms with Gasteiger partial charge < -0.3 is 0 Å². The van der Waals surface area contributed by atoms with Crippen molar-refractivity contribution in [3.8, 4) is 0 Å². The molecule has 0 aliphatic heterocycles. The summed E-state index contributed by atoms with van der Waals surface area (Å²) in [5.74, 6) is 0.761. The molecule has 0 heterocycles. The van der Waals surface area contributed by atoms with Gasteiger partial charge in [0.15, 0.2) is 0 Å². The first-order chi connectivity index (χ1) is 8.10. The lowest BCUT2D eigenvalue weighted by Crippen LogP contribution is -2.43. The largest absolute Gasteiger partial charge is 0.299 e. The fourth-order valence-electron chi connectivity index (χ4n) is 2.82. The maximum absolute atomic E-state index is 11.7. The monoisotopic (exact) mass is 224 g/mol. The first-order valence-electron chi connectivity index (χ1n) is 6.11. The SMILES string of the molecule is CC1(C)C(=O)CC1c1cccc2ccccc12. The smallest absolute Gasteiger partial charge is 0.139 e. The van der Waals surface area contributed by atoms with Crippen molar-refractivity contribution in [3.05, 3.63) is 48.0 Å². The van der Waals surface area contributed by atoms with Crippen molar-refractivity contribution in [1.82, 2.24) is 0 Å². The molecule has 1 heteroatoms. The van der Waals surface area contributed by atoms with E-state index in [4.69, 9.17) is 0 Å². The minimum absolute atomic E-state index is 0.190. The van der Waals surface area contributed by atoms with Crippen LogP contribution in [0.5, 0.6) is 0 Å². The maximum Gasteiger partial charge on any atom is 0.139 e. The standard InChI is InChI=1S/C16H16O/c1-16(2)14(10-15(16)17)13-9-5-7-11-6-3-4-8-12(11)13/h3-9,14H,10H2,1-2H3. The molecular formula is C16H16O. The van der Waals surface area contributed by atoms with Gasteiger partial charge in [-0.05, 0) is 16.3 Å². The Bertz CT molecular complexity index is 590. The van der Waals surface area contributed by atoms with Crippen LogP contribution >= 0.6 is 0 Å². The molecule has 0 amide bonds. The number of benzene rings is 2. The second kappa shape index (κ2) is 3.43. The van der Waals surface area contributed by atoms with Gasteiger partial charge in [-0.15, -0.1) is 0 Å². The van der Waals surface area contributed by atoms with E-state index >= 15 is 0 Å². The molecule has 0 saturated heterocycles. The van der Waals surface area contributed by atoms with E-state index in [2.05, 4.69) is 56.3 Å². The third kappa shape index (κ3) is 1.42. The van der Waals surface area contributed by atoms with E-state index in [0.717, 1.165) is 0 Å². The minimum Gasteiger partial charge on any atom is -0.299 e. The lowest BCUT2D eigenvalue weighted by atomic mass is 9.58. The summed E-state index contributed by atoms with van der Waals surface area (Å²) in [7, 11) is 0. The molecule has 1 aliphatic carbocycles. The van der Waals surface area contributed by atoms with Crippen LogP contribution in [0.3, 0.4) is 0 Å². The van der Waals surface area contributed by atoms with Gasteiger partial charge in [-0.2, -0.15) is 0 Å². The van der Waals surface area contributed by atoms with Crippen LogP contribution in [0.4, 0.5) is 0 Å². The fourth-order valence-corrected chi connectivity index (χ4v) is 2.82. The average molecular weight is 224 g/mol. The van der Waals surface area contributed by atoms with Crippen LogP contribution in [0.25, 0.3) is 10.8 Å². The quantitative estimate of drug-likeness (QED) is 0.717. The summed E-state index contributed by atoms with van der Waals surface area (Å²) >= 11 is 0. The first kappa shape index (κ1) is 10.5. The van der Waals surface area contributed by atoms with Crippen LogP contribution in [0, 0.1) is 5.41 Å². The summed E-state index contributed by atoms with van der Waals surface area (Å²) in [6.45, 7) is 4.12. The van der Waals surface area contributed by atoms with E-state index in [9.17, 15) is 4.79 Å². The zero-order valence-corrected chi connectivity index (χ0v) is 10.2. The number of Topliss-reactive ketones (excluding diaryl/α,β-unsaturated/α-hetero) is 1. The fraction of sp³-hybridized carbons (Fsp3) is 0.312. The predicted molar refractivity (Wildman–Crippen MR) is 70.1 cm³/mol. The van der Waals surface area contributed by atoms with Gasteiger partial charge in [-0.3, -0.25) is 4.79 Å². The predicted octanol–water partition coefficient (Wildman–Crippen LogP) is 3.92. The molecule has 86 valence electrons. The highest BCUT2D eigenvalue weighted by molar-refractivity contribution is 5.95. The second-order valence-corrected chi connectivity index (χ2v) is 5.47. The molecule has 17 heavy (non-hydrogen) atoms. The molecule has 1 saturated carbocycles. The Balaban J connectivity index is 2.16. The molecule has 1 atom stereocenters. The van der Waals surface area contributed by atoms with Gasteiger partial charge in [0, 0.05) is 17.8 Å². The summed E-state index contributed by atoms with van der Waals surface area (Å²) < 4.78 is 0. The van der Waals surface area contributed by atoms with E-state index in [0.29, 0.717) is 18.1 Å². The second-order valence-electron chi connectivity index (χ2n) is 5.47. The van der Waals surface area contributed by atoms with Gasteiger partial charge in [0.1, 0.15) is 5.78 Å². The minimum atomic E-state index is -0.190. The van der Waals surface area contributed by atoms with Crippen LogP contribution in [0.15, 0.2) is 42.5 Å². The zero-order valence-electron chi connectivity index (χ0n) is 10.2. The number of rotatable bonds is 1. The topological polar surface area (TPSA) is 17.1 Å². The van der Waals surface area contributed by atoms with E-state index in [1.807, 2.05) is 0 Å². The van der Waals surface area contributed by atoms with Crippen molar-refractivity contribution in [2.24, 2.45) is 5.41 Å². The number of ketones is 1. The summed E-state index contributed by atoms with van der Waals surface area (Å²) in [6.07, 6.45) is 0.695. The van der Waals surface area contributed by atoms with Crippen LogP contribution in [0.2, 0.25) is 0 Å². The van der Waals surface area contributed by atoms with E-state index in [1.54, 1.807) is 0 Å². The summed E-state index contributed by atoms with van der Waals surface area (Å²) in [6, 6.07) is 14.8. The maximum atomic E-state index is 11.7. The van der Waals surface area contributed by atoms with Crippen molar-refractivity contribution < 1.29 is 4.79 Å². The number of fused-ring (bicyclic) bond motifs is 1. The summed E-state index contributed by atoms with van der Waals surface area (Å²) in [4.78, 5) is 11.7. The molecule has 1 nitrogen and oxygen atoms in total. The Morgan fingerprint density at radius 2 is 1.76 bits per heavy atom. The Morgan fingerprint density at radius 3 is 2.47 bits per heavy atom. The zero-order chi connectivity index (χ0) is 12.0. The highest BCUT2D eigenvalue weighted by Gasteiger charge is 2.48. The molecule has 1 fully saturated rings. The molecule has 0 N–H and O–H groups in total. The molecular weight excluding hydrogens is 208 g/mol. The van der Waals surface area contributed by atoms with Crippen molar-refractivity contribution in [3.63, 3.8) is 0 Å². The highest BCUT2D eigenvalue weighted by atomic mass is 16.1. The molecule has 0 radical (unpaired) electrons. The van der Waals surface area contributed by atoms with Crippen LogP contribution in [-0.4, -0.2) is 5.78 Å². The van der Waals surface area contributed by atoms with Gasteiger partial charge in [0.2, 0.25) is 0 Å². The molecule has 2 aromatic carbocycles. The Kier molecular flexibility index (Phi) is 2.12. The van der Waals surface area contributed by atoms with Gasteiger partial charge in [0.25, 0.3) is 0 Å². The van der Waals surface area contributed by atoms with Crippen LogP contribution in [-0.2, 0) is 4.79 Å². The molecule has 3 rings (SSSR count). The Labute approximate surface area is 101 Å². The molecule has 0 aromatic heterocycles. The van der Waals surface area contributed by atoms with Gasteiger partial charge >= 0.3 is 0 Å². The van der Waals surface area contributed by atoms with Crippen LogP contribution in [0.1, 0.15) is 31.7 Å². The number of carbonyl (C=O) groups is 1. The van der Waals surface area contributed by atoms with Crippen LogP contribution < -0.4 is 0 Å². The van der Waals surface area contributed by atoms with Gasteiger partial charge in [-0.1, -0.05) is 56.3 Å². The Morgan fingerprint density at radius 1 is 1.06 bits per heavy atom. The number of hydrogen-bond acceptors (Lipinski definition) is 1. The normalized spacial score (nSPS) is 22.5. The number of hydrogen-bond donors (Lipinski definition) is 0. The van der Waals surface area contributed by atoms with E-state index < -0.39 is 0 Å². The van der Waals surface area contributed by atoms with E-state index in [1.165, 1.54) is 16.3 Å². The Hall–Kier alpha value is -1.63. The summed E-state index contributed by atoms with van der Waals surface area (Å²) in [5, 5.41) is 2.56. The van der Waals surface area contributed by atoms with Crippen molar-refractivity contribution in [1.29, 1.82) is 0 Å². The molecule has 1 unspecified atom stereocenters. The number of carbonyl (C=O) groups excluding carboxylic acids is 1. The third-order valence-corrected chi connectivity index (χ3v) is 4.18. The molecule has 1 aliphatic rings. The van der Waals surface area contributed by atoms with E-state index in [-0.39, 0.29) is 5.41 Å². The molecule has 2 aromatic rings. The average Bonchev–Trinajstić information content (AvgIpc) is 2.35. The van der Waals surface area contributed by atoms with Crippen molar-refractivity contribution >= 4 is 16.6 Å². The lowest BCUT2D eigenvalue weighted by molar-refractivity contribution is -0.137. The molecule has 0 bridgehead atoms. The first-order valence-corrected chi connectivity index (χ1v) is 6.11.